The van der Waals surface area contributed by atoms with Crippen LogP contribution in [0.2, 0.25) is 0 Å². The Bertz CT molecular complexity index is 201. The summed E-state index contributed by atoms with van der Waals surface area (Å²) in [6.07, 6.45) is -1.81. The second-order valence-corrected chi connectivity index (χ2v) is 3.74. The molecule has 1 amide bonds. The number of carbonyl (C=O) groups excluding carboxylic acids is 1. The number of methoxy groups -OCH3 is 1. The number of nitrogens with two attached hydrogens (primary N) is 1. The van der Waals surface area contributed by atoms with Crippen molar-refractivity contribution < 1.29 is 18.3 Å². The van der Waals surface area contributed by atoms with E-state index in [1.54, 1.807) is 6.92 Å². The number of hydrogen-bond acceptors (Lipinski definition) is 3. The molecule has 1 atom stereocenters. The van der Waals surface area contributed by atoms with Crippen LogP contribution in [0, 0.1) is 0 Å². The molecule has 2 N–H and O–H groups in total. The molecule has 0 saturated carbocycles. The summed E-state index contributed by atoms with van der Waals surface area (Å²) < 4.78 is 29.2. The fourth-order valence-electron chi connectivity index (χ4n) is 1.20. The van der Waals surface area contributed by atoms with E-state index in [4.69, 9.17) is 10.5 Å². The molecule has 16 heavy (non-hydrogen) atoms. The van der Waals surface area contributed by atoms with Crippen LogP contribution in [0.3, 0.4) is 0 Å². The van der Waals surface area contributed by atoms with Crippen LogP contribution in [0.15, 0.2) is 0 Å². The van der Waals surface area contributed by atoms with Crippen molar-refractivity contribution in [2.45, 2.75) is 32.2 Å². The van der Waals surface area contributed by atoms with Gasteiger partial charge in [-0.1, -0.05) is 0 Å². The van der Waals surface area contributed by atoms with E-state index in [1.165, 1.54) is 7.11 Å². The lowest BCUT2D eigenvalue weighted by atomic mass is 10.2. The zero-order chi connectivity index (χ0) is 12.6. The van der Waals surface area contributed by atoms with Crippen LogP contribution < -0.4 is 5.73 Å². The van der Waals surface area contributed by atoms with Crippen molar-refractivity contribution in [2.24, 2.45) is 5.73 Å². The Kier molecular flexibility index (Phi) is 8.01. The average Bonchev–Trinajstić information content (AvgIpc) is 2.20. The van der Waals surface area contributed by atoms with E-state index in [9.17, 15) is 13.6 Å². The van der Waals surface area contributed by atoms with Crippen LogP contribution in [0.4, 0.5) is 8.78 Å². The van der Waals surface area contributed by atoms with Gasteiger partial charge >= 0.3 is 0 Å². The normalized spacial score (nSPS) is 12.9. The maximum Gasteiger partial charge on any atom is 0.255 e. The summed E-state index contributed by atoms with van der Waals surface area (Å²) in [5.41, 5.74) is 5.50. The molecule has 0 fully saturated rings. The second kappa shape index (κ2) is 8.41. The molecule has 0 rings (SSSR count). The van der Waals surface area contributed by atoms with E-state index < -0.39 is 13.0 Å². The lowest BCUT2D eigenvalue weighted by molar-refractivity contribution is -0.134. The number of carbonyl (C=O) groups is 1. The molecule has 0 saturated heterocycles. The van der Waals surface area contributed by atoms with Crippen LogP contribution in [0.1, 0.15) is 19.8 Å². The highest BCUT2D eigenvalue weighted by atomic mass is 19.3. The molecule has 0 aliphatic rings. The van der Waals surface area contributed by atoms with Gasteiger partial charge in [-0.15, -0.1) is 0 Å². The Morgan fingerprint density at radius 1 is 1.50 bits per heavy atom. The molecule has 0 aliphatic heterocycles. The highest BCUT2D eigenvalue weighted by Crippen LogP contribution is 2.04. The van der Waals surface area contributed by atoms with E-state index in [0.29, 0.717) is 6.42 Å². The Hall–Kier alpha value is -0.750. The summed E-state index contributed by atoms with van der Waals surface area (Å²) in [7, 11) is 1.47. The van der Waals surface area contributed by atoms with Gasteiger partial charge in [-0.25, -0.2) is 8.78 Å². The summed E-state index contributed by atoms with van der Waals surface area (Å²) in [6, 6.07) is -0.0974. The molecule has 0 aliphatic carbocycles. The highest BCUT2D eigenvalue weighted by Gasteiger charge is 2.17. The topological polar surface area (TPSA) is 55.6 Å². The molecular weight excluding hydrogens is 218 g/mol. The Morgan fingerprint density at radius 2 is 2.12 bits per heavy atom. The van der Waals surface area contributed by atoms with Gasteiger partial charge in [0.1, 0.15) is 0 Å². The lowest BCUT2D eigenvalue weighted by Crippen LogP contribution is -2.38. The molecule has 0 heterocycles. The van der Waals surface area contributed by atoms with Crippen molar-refractivity contribution in [3.05, 3.63) is 0 Å². The van der Waals surface area contributed by atoms with Gasteiger partial charge in [-0.3, -0.25) is 4.79 Å². The molecule has 0 bridgehead atoms. The Labute approximate surface area is 94.7 Å². The van der Waals surface area contributed by atoms with Gasteiger partial charge in [0, 0.05) is 26.1 Å². The Balaban J connectivity index is 4.09. The first-order valence-electron chi connectivity index (χ1n) is 5.27. The van der Waals surface area contributed by atoms with E-state index in [2.05, 4.69) is 0 Å². The van der Waals surface area contributed by atoms with Crippen molar-refractivity contribution in [3.63, 3.8) is 0 Å². The van der Waals surface area contributed by atoms with Gasteiger partial charge in [0.25, 0.3) is 6.43 Å². The van der Waals surface area contributed by atoms with Crippen LogP contribution in [-0.4, -0.2) is 50.1 Å². The molecule has 0 aromatic heterocycles. The van der Waals surface area contributed by atoms with Gasteiger partial charge in [0.15, 0.2) is 0 Å². The largest absolute Gasteiger partial charge is 0.383 e. The van der Waals surface area contributed by atoms with E-state index in [0.717, 1.165) is 4.90 Å². The average molecular weight is 238 g/mol. The van der Waals surface area contributed by atoms with Gasteiger partial charge in [0.2, 0.25) is 5.91 Å². The minimum absolute atomic E-state index is 0.0974. The highest BCUT2D eigenvalue weighted by molar-refractivity contribution is 5.76. The molecule has 6 heteroatoms. The number of amides is 1. The number of halogens is 2. The third kappa shape index (κ3) is 7.53. The summed E-state index contributed by atoms with van der Waals surface area (Å²) in [6.45, 7) is 1.69. The lowest BCUT2D eigenvalue weighted by Gasteiger charge is -2.22. The third-order valence-corrected chi connectivity index (χ3v) is 2.09. The molecule has 0 spiro atoms. The zero-order valence-corrected chi connectivity index (χ0v) is 9.79. The SMILES string of the molecule is COCCN(CC(F)F)C(=O)CCC(C)N. The molecule has 4 nitrogen and oxygen atoms in total. The summed E-state index contributed by atoms with van der Waals surface area (Å²) in [5, 5.41) is 0. The smallest absolute Gasteiger partial charge is 0.255 e. The van der Waals surface area contributed by atoms with E-state index in [-0.39, 0.29) is 31.5 Å². The van der Waals surface area contributed by atoms with Crippen molar-refractivity contribution >= 4 is 5.91 Å². The minimum Gasteiger partial charge on any atom is -0.383 e. The number of ether oxygens (including phenoxy) is 1. The minimum atomic E-state index is -2.52. The maximum absolute atomic E-state index is 12.2. The Morgan fingerprint density at radius 3 is 2.56 bits per heavy atom. The molecule has 1 unspecified atom stereocenters. The van der Waals surface area contributed by atoms with E-state index >= 15 is 0 Å². The number of hydrogen-bond donors (Lipinski definition) is 1. The second-order valence-electron chi connectivity index (χ2n) is 3.74. The van der Waals surface area contributed by atoms with Gasteiger partial charge < -0.3 is 15.4 Å². The standard InChI is InChI=1S/C10H20F2N2O2/c1-8(13)3-4-10(15)14(5-6-16-2)7-9(11)12/h8-9H,3-7,13H2,1-2H3. The van der Waals surface area contributed by atoms with Crippen molar-refractivity contribution in [3.8, 4) is 0 Å². The fourth-order valence-corrected chi connectivity index (χ4v) is 1.20. The molecule has 0 aromatic carbocycles. The fraction of sp³-hybridized carbons (Fsp3) is 0.900. The summed E-state index contributed by atoms with van der Waals surface area (Å²) in [5.74, 6) is -0.297. The first kappa shape index (κ1) is 15.2. The predicted octanol–water partition coefficient (Wildman–Crippen LogP) is 0.854. The number of nitrogens with zero attached hydrogens (tertiary/aromatic N) is 1. The predicted molar refractivity (Wildman–Crippen MR) is 57.3 cm³/mol. The van der Waals surface area contributed by atoms with Gasteiger partial charge in [0.05, 0.1) is 13.2 Å². The van der Waals surface area contributed by atoms with Crippen LogP contribution in [-0.2, 0) is 9.53 Å². The van der Waals surface area contributed by atoms with Crippen molar-refractivity contribution in [1.29, 1.82) is 0 Å². The molecule has 0 aromatic rings. The molecule has 96 valence electrons. The van der Waals surface area contributed by atoms with Crippen molar-refractivity contribution in [2.75, 3.05) is 26.8 Å². The van der Waals surface area contributed by atoms with Gasteiger partial charge in [-0.2, -0.15) is 0 Å². The first-order valence-corrected chi connectivity index (χ1v) is 5.27. The zero-order valence-electron chi connectivity index (χ0n) is 9.79. The maximum atomic E-state index is 12.2. The van der Waals surface area contributed by atoms with Crippen LogP contribution in [0.5, 0.6) is 0 Å². The molecule has 0 radical (unpaired) electrons. The monoisotopic (exact) mass is 238 g/mol. The van der Waals surface area contributed by atoms with Crippen LogP contribution in [0.25, 0.3) is 0 Å². The quantitative estimate of drug-likeness (QED) is 0.682. The first-order chi connectivity index (χ1) is 7.47. The van der Waals surface area contributed by atoms with Gasteiger partial charge in [-0.05, 0) is 13.3 Å². The summed E-state index contributed by atoms with van der Waals surface area (Å²) >= 11 is 0. The summed E-state index contributed by atoms with van der Waals surface area (Å²) in [4.78, 5) is 12.7. The third-order valence-electron chi connectivity index (χ3n) is 2.09. The number of rotatable bonds is 8. The van der Waals surface area contributed by atoms with Crippen LogP contribution >= 0.6 is 0 Å². The van der Waals surface area contributed by atoms with Crippen molar-refractivity contribution in [1.82, 2.24) is 4.90 Å². The number of alkyl halides is 2. The van der Waals surface area contributed by atoms with E-state index in [1.807, 2.05) is 0 Å². The molecular formula is C10H20F2N2O2.